The Morgan fingerprint density at radius 1 is 1.48 bits per heavy atom. The molecule has 2 rings (SSSR count). The van der Waals surface area contributed by atoms with E-state index in [0.29, 0.717) is 25.2 Å². The van der Waals surface area contributed by atoms with Crippen LogP contribution in [0.1, 0.15) is 39.2 Å². The van der Waals surface area contributed by atoms with E-state index >= 15 is 0 Å². The number of rotatable bonds is 4. The minimum Gasteiger partial charge on any atom is -0.505 e. The smallest absolute Gasteiger partial charge is 0.410 e. The summed E-state index contributed by atoms with van der Waals surface area (Å²) >= 11 is 0. The van der Waals surface area contributed by atoms with Gasteiger partial charge >= 0.3 is 6.09 Å². The number of hydrogen-bond donors (Lipinski definition) is 2. The van der Waals surface area contributed by atoms with Gasteiger partial charge in [0.05, 0.1) is 0 Å². The van der Waals surface area contributed by atoms with Crippen LogP contribution in [-0.4, -0.2) is 40.8 Å². The summed E-state index contributed by atoms with van der Waals surface area (Å²) < 4.78 is 18.7. The third-order valence-electron chi connectivity index (χ3n) is 3.77. The summed E-state index contributed by atoms with van der Waals surface area (Å²) in [6.07, 6.45) is 1.55. The van der Waals surface area contributed by atoms with Gasteiger partial charge in [-0.3, -0.25) is 0 Å². The van der Waals surface area contributed by atoms with Crippen molar-refractivity contribution in [3.8, 4) is 5.75 Å². The maximum absolute atomic E-state index is 13.3. The fourth-order valence-corrected chi connectivity index (χ4v) is 2.68. The van der Waals surface area contributed by atoms with Crippen molar-refractivity contribution in [2.45, 2.75) is 51.8 Å². The van der Waals surface area contributed by atoms with E-state index in [4.69, 9.17) is 4.74 Å². The van der Waals surface area contributed by atoms with Gasteiger partial charge in [-0.2, -0.15) is 0 Å². The third-order valence-corrected chi connectivity index (χ3v) is 3.77. The first-order chi connectivity index (χ1) is 10.8. The van der Waals surface area contributed by atoms with Gasteiger partial charge in [-0.1, -0.05) is 12.1 Å². The number of carbonyl (C=O) groups is 1. The number of aromatic hydroxyl groups is 1. The van der Waals surface area contributed by atoms with Gasteiger partial charge in [-0.05, 0) is 39.7 Å². The summed E-state index contributed by atoms with van der Waals surface area (Å²) in [5, 5.41) is 12.8. The van der Waals surface area contributed by atoms with Gasteiger partial charge in [0, 0.05) is 31.2 Å². The fraction of sp³-hybridized carbons (Fsp3) is 0.588. The lowest BCUT2D eigenvalue weighted by Crippen LogP contribution is -2.44. The van der Waals surface area contributed by atoms with Crippen LogP contribution in [0.15, 0.2) is 18.2 Å². The molecule has 23 heavy (non-hydrogen) atoms. The Bertz CT molecular complexity index is 557. The molecule has 1 aromatic rings. The molecule has 1 amide bonds. The quantitative estimate of drug-likeness (QED) is 0.894. The molecule has 1 saturated heterocycles. The van der Waals surface area contributed by atoms with Gasteiger partial charge in [-0.15, -0.1) is 0 Å². The van der Waals surface area contributed by atoms with Gasteiger partial charge < -0.3 is 20.1 Å². The third kappa shape index (κ3) is 4.82. The highest BCUT2D eigenvalue weighted by atomic mass is 19.1. The standard InChI is InChI=1S/C17H25FN2O3/c1-17(2,3)23-16(22)20-9-5-7-13(20)11-19-10-12-6-4-8-14(18)15(12)21/h4,6,8,13,19,21H,5,7,9-11H2,1-3H3. The summed E-state index contributed by atoms with van der Waals surface area (Å²) in [5.74, 6) is -0.948. The minimum absolute atomic E-state index is 0.0561. The number of amides is 1. The number of phenols is 1. The summed E-state index contributed by atoms with van der Waals surface area (Å²) in [6.45, 7) is 7.16. The maximum Gasteiger partial charge on any atom is 0.410 e. The van der Waals surface area contributed by atoms with Gasteiger partial charge in [0.15, 0.2) is 11.6 Å². The summed E-state index contributed by atoms with van der Waals surface area (Å²) in [7, 11) is 0. The molecule has 0 bridgehead atoms. The van der Waals surface area contributed by atoms with Crippen LogP contribution in [0.4, 0.5) is 9.18 Å². The first-order valence-electron chi connectivity index (χ1n) is 7.94. The first kappa shape index (κ1) is 17.5. The molecule has 0 spiro atoms. The molecule has 5 nitrogen and oxygen atoms in total. The number of hydrogen-bond acceptors (Lipinski definition) is 4. The van der Waals surface area contributed by atoms with Gasteiger partial charge in [-0.25, -0.2) is 9.18 Å². The molecule has 0 aliphatic carbocycles. The van der Waals surface area contributed by atoms with Crippen molar-refractivity contribution in [2.24, 2.45) is 0 Å². The van der Waals surface area contributed by atoms with Gasteiger partial charge in [0.25, 0.3) is 0 Å². The molecule has 1 fully saturated rings. The highest BCUT2D eigenvalue weighted by molar-refractivity contribution is 5.69. The number of para-hydroxylation sites is 1. The zero-order valence-corrected chi connectivity index (χ0v) is 13.9. The summed E-state index contributed by atoms with van der Waals surface area (Å²) in [4.78, 5) is 13.9. The Morgan fingerprint density at radius 2 is 2.22 bits per heavy atom. The van der Waals surface area contributed by atoms with Gasteiger partial charge in [0.1, 0.15) is 5.60 Å². The lowest BCUT2D eigenvalue weighted by molar-refractivity contribution is 0.0226. The molecule has 6 heteroatoms. The van der Waals surface area contributed by atoms with Crippen LogP contribution < -0.4 is 5.32 Å². The van der Waals surface area contributed by atoms with E-state index in [1.807, 2.05) is 20.8 Å². The fourth-order valence-electron chi connectivity index (χ4n) is 2.68. The summed E-state index contributed by atoms with van der Waals surface area (Å²) in [5.41, 5.74) is -0.00261. The Labute approximate surface area is 136 Å². The van der Waals surface area contributed by atoms with E-state index in [2.05, 4.69) is 5.32 Å². The number of nitrogens with zero attached hydrogens (tertiary/aromatic N) is 1. The normalized spacial score (nSPS) is 18.3. The van der Waals surface area contributed by atoms with Crippen LogP contribution in [0.2, 0.25) is 0 Å². The molecule has 1 unspecified atom stereocenters. The first-order valence-corrected chi connectivity index (χ1v) is 7.94. The summed E-state index contributed by atoms with van der Waals surface area (Å²) in [6, 6.07) is 4.51. The predicted octanol–water partition coefficient (Wildman–Crippen LogP) is 3.02. The van der Waals surface area contributed by atoms with Crippen LogP contribution in [0.5, 0.6) is 5.75 Å². The molecule has 1 aliphatic heterocycles. The van der Waals surface area contributed by atoms with Crippen LogP contribution in [0.3, 0.4) is 0 Å². The lowest BCUT2D eigenvalue weighted by atomic mass is 10.1. The minimum atomic E-state index is -0.624. The molecule has 128 valence electrons. The predicted molar refractivity (Wildman–Crippen MR) is 85.7 cm³/mol. The lowest BCUT2D eigenvalue weighted by Gasteiger charge is -2.28. The monoisotopic (exact) mass is 324 g/mol. The highest BCUT2D eigenvalue weighted by Gasteiger charge is 2.31. The zero-order chi connectivity index (χ0) is 17.0. The zero-order valence-electron chi connectivity index (χ0n) is 13.9. The van der Waals surface area contributed by atoms with Gasteiger partial charge in [0.2, 0.25) is 0 Å². The average molecular weight is 324 g/mol. The van der Waals surface area contributed by atoms with E-state index in [9.17, 15) is 14.3 Å². The van der Waals surface area contributed by atoms with Crippen molar-refractivity contribution in [2.75, 3.05) is 13.1 Å². The number of halogens is 1. The SMILES string of the molecule is CC(C)(C)OC(=O)N1CCCC1CNCc1cccc(F)c1O. The van der Waals surface area contributed by atoms with E-state index in [1.54, 1.807) is 17.0 Å². The molecule has 0 saturated carbocycles. The molecule has 1 aromatic carbocycles. The van der Waals surface area contributed by atoms with Crippen molar-refractivity contribution in [3.05, 3.63) is 29.6 Å². The van der Waals surface area contributed by atoms with Crippen molar-refractivity contribution in [1.82, 2.24) is 10.2 Å². The largest absolute Gasteiger partial charge is 0.505 e. The van der Waals surface area contributed by atoms with E-state index in [0.717, 1.165) is 12.8 Å². The van der Waals surface area contributed by atoms with Crippen molar-refractivity contribution in [1.29, 1.82) is 0 Å². The molecular weight excluding hydrogens is 299 g/mol. The number of phenolic OH excluding ortho intramolecular Hbond substituents is 1. The number of ether oxygens (including phenoxy) is 1. The second-order valence-corrected chi connectivity index (χ2v) is 6.85. The number of nitrogens with one attached hydrogen (secondary N) is 1. The van der Waals surface area contributed by atoms with E-state index < -0.39 is 11.4 Å². The second kappa shape index (κ2) is 7.17. The van der Waals surface area contributed by atoms with E-state index in [-0.39, 0.29) is 17.9 Å². The molecule has 0 radical (unpaired) electrons. The molecular formula is C17H25FN2O3. The van der Waals surface area contributed by atoms with Crippen LogP contribution in [0.25, 0.3) is 0 Å². The van der Waals surface area contributed by atoms with Crippen molar-refractivity contribution >= 4 is 6.09 Å². The van der Waals surface area contributed by atoms with Crippen molar-refractivity contribution in [3.63, 3.8) is 0 Å². The maximum atomic E-state index is 13.3. The Hall–Kier alpha value is -1.82. The molecule has 2 N–H and O–H groups in total. The highest BCUT2D eigenvalue weighted by Crippen LogP contribution is 2.22. The Kier molecular flexibility index (Phi) is 5.46. The number of carbonyl (C=O) groups excluding carboxylic acids is 1. The molecule has 1 heterocycles. The van der Waals surface area contributed by atoms with Crippen LogP contribution in [-0.2, 0) is 11.3 Å². The topological polar surface area (TPSA) is 61.8 Å². The average Bonchev–Trinajstić information content (AvgIpc) is 2.90. The molecule has 1 aliphatic rings. The Morgan fingerprint density at radius 3 is 2.91 bits per heavy atom. The van der Waals surface area contributed by atoms with E-state index in [1.165, 1.54) is 6.07 Å². The number of benzene rings is 1. The van der Waals surface area contributed by atoms with Crippen LogP contribution in [0, 0.1) is 5.82 Å². The molecule has 1 atom stereocenters. The molecule has 0 aromatic heterocycles. The second-order valence-electron chi connectivity index (χ2n) is 6.85. The van der Waals surface area contributed by atoms with Crippen LogP contribution >= 0.6 is 0 Å². The number of likely N-dealkylation sites (tertiary alicyclic amines) is 1. The Balaban J connectivity index is 1.87. The van der Waals surface area contributed by atoms with Crippen molar-refractivity contribution < 1.29 is 19.0 Å².